The van der Waals surface area contributed by atoms with Crippen molar-refractivity contribution >= 4 is 27.5 Å². The number of nitrogens with one attached hydrogen (secondary N) is 1. The third-order valence-corrected chi connectivity index (χ3v) is 11.6. The first kappa shape index (κ1) is 30.9. The third-order valence-electron chi connectivity index (χ3n) is 11.6. The number of piperazine rings is 1. The summed E-state index contributed by atoms with van der Waals surface area (Å²) in [5.74, 6) is -0.148. The summed E-state index contributed by atoms with van der Waals surface area (Å²) in [5.41, 5.74) is -0.957. The molecule has 0 spiro atoms. The minimum atomic E-state index is -0.979. The molecule has 0 radical (unpaired) electrons. The van der Waals surface area contributed by atoms with Gasteiger partial charge < -0.3 is 20.1 Å². The number of hydrogen-bond donors (Lipinski definition) is 2. The van der Waals surface area contributed by atoms with Gasteiger partial charge in [0, 0.05) is 65.6 Å². The van der Waals surface area contributed by atoms with Gasteiger partial charge in [-0.15, -0.1) is 6.42 Å². The second-order valence-electron chi connectivity index (χ2n) is 14.9. The summed E-state index contributed by atoms with van der Waals surface area (Å²) in [5, 5.41) is 14.8. The van der Waals surface area contributed by atoms with Crippen molar-refractivity contribution < 1.29 is 27.4 Å². The molecule has 254 valence electrons. The van der Waals surface area contributed by atoms with E-state index < -0.39 is 29.2 Å². The Labute approximate surface area is 281 Å². The maximum absolute atomic E-state index is 16.9. The van der Waals surface area contributed by atoms with E-state index in [9.17, 15) is 13.9 Å². The average Bonchev–Trinajstić information content (AvgIpc) is 3.71. The van der Waals surface area contributed by atoms with Crippen molar-refractivity contribution in [2.45, 2.75) is 81.7 Å². The predicted octanol–water partition coefficient (Wildman–Crippen LogP) is 6.62. The molecule has 5 fully saturated rings. The van der Waals surface area contributed by atoms with E-state index in [1.807, 2.05) is 0 Å². The number of hydrogen-bond acceptors (Lipinski definition) is 7. The molecule has 1 aliphatic carbocycles. The molecular formula is C38H37F4N5O2. The minimum Gasteiger partial charge on any atom is -0.508 e. The Balaban J connectivity index is 1.13. The van der Waals surface area contributed by atoms with Gasteiger partial charge in [-0.2, -0.15) is 9.97 Å². The molecule has 4 unspecified atom stereocenters. The van der Waals surface area contributed by atoms with Crippen LogP contribution in [0.15, 0.2) is 30.3 Å². The number of anilines is 1. The number of ether oxygens (including phenoxy) is 1. The van der Waals surface area contributed by atoms with Crippen LogP contribution >= 0.6 is 0 Å². The fourth-order valence-electron chi connectivity index (χ4n) is 9.04. The molecule has 1 saturated carbocycles. The zero-order chi connectivity index (χ0) is 33.6. The highest BCUT2D eigenvalue weighted by atomic mass is 19.1. The fourth-order valence-corrected chi connectivity index (χ4v) is 9.04. The SMILES string of the molecule is C#Cc1c(F)ccc2cc(O)cc(-c3c(F)cc4c(N5CC6CCC(C5)N6)nc(OCC5(CN6C7CCC6CC(F)C7)CC5)nc4c3F)c12. The van der Waals surface area contributed by atoms with Crippen LogP contribution in [0.5, 0.6) is 11.8 Å². The number of piperidine rings is 1. The molecule has 3 aromatic carbocycles. The van der Waals surface area contributed by atoms with Gasteiger partial charge in [-0.25, -0.2) is 17.6 Å². The van der Waals surface area contributed by atoms with Crippen molar-refractivity contribution in [2.75, 3.05) is 31.1 Å². The quantitative estimate of drug-likeness (QED) is 0.169. The van der Waals surface area contributed by atoms with E-state index in [0.29, 0.717) is 43.7 Å². The van der Waals surface area contributed by atoms with E-state index in [-0.39, 0.29) is 68.8 Å². The topological polar surface area (TPSA) is 73.8 Å². The highest BCUT2D eigenvalue weighted by molar-refractivity contribution is 6.04. The number of nitrogens with zero attached hydrogens (tertiary/aromatic N) is 4. The van der Waals surface area contributed by atoms with Crippen molar-refractivity contribution in [1.82, 2.24) is 20.2 Å². The summed E-state index contributed by atoms with van der Waals surface area (Å²) in [6.07, 6.45) is 12.1. The summed E-state index contributed by atoms with van der Waals surface area (Å²) in [7, 11) is 0. The lowest BCUT2D eigenvalue weighted by Crippen LogP contribution is -2.51. The number of aromatic nitrogens is 2. The van der Waals surface area contributed by atoms with Crippen molar-refractivity contribution in [2.24, 2.45) is 5.41 Å². The van der Waals surface area contributed by atoms with Gasteiger partial charge in [0.05, 0.1) is 17.7 Å². The molecule has 49 heavy (non-hydrogen) atoms. The summed E-state index contributed by atoms with van der Waals surface area (Å²) >= 11 is 0. The highest BCUT2D eigenvalue weighted by Crippen LogP contribution is 2.50. The summed E-state index contributed by atoms with van der Waals surface area (Å²) in [6.45, 7) is 2.38. The van der Waals surface area contributed by atoms with Gasteiger partial charge >= 0.3 is 6.01 Å². The Kier molecular flexibility index (Phi) is 7.22. The predicted molar refractivity (Wildman–Crippen MR) is 179 cm³/mol. The van der Waals surface area contributed by atoms with Crippen LogP contribution in [-0.2, 0) is 0 Å². The lowest BCUT2D eigenvalue weighted by molar-refractivity contribution is 0.0527. The van der Waals surface area contributed by atoms with Crippen LogP contribution in [0.1, 0.15) is 56.9 Å². The van der Waals surface area contributed by atoms with Crippen molar-refractivity contribution in [3.63, 3.8) is 0 Å². The fraction of sp³-hybridized carbons (Fsp3) is 0.474. The smallest absolute Gasteiger partial charge is 0.319 e. The lowest BCUT2D eigenvalue weighted by atomic mass is 9.92. The second-order valence-corrected chi connectivity index (χ2v) is 14.9. The molecule has 0 amide bonds. The molecule has 7 nitrogen and oxygen atoms in total. The highest BCUT2D eigenvalue weighted by Gasteiger charge is 2.50. The average molecular weight is 672 g/mol. The van der Waals surface area contributed by atoms with Crippen LogP contribution in [-0.4, -0.2) is 76.6 Å². The van der Waals surface area contributed by atoms with E-state index in [2.05, 4.69) is 26.0 Å². The van der Waals surface area contributed by atoms with Gasteiger partial charge in [-0.3, -0.25) is 4.90 Å². The first-order chi connectivity index (χ1) is 23.7. The Morgan fingerprint density at radius 2 is 1.71 bits per heavy atom. The number of phenols is 1. The zero-order valence-corrected chi connectivity index (χ0v) is 27.0. The Morgan fingerprint density at radius 3 is 2.41 bits per heavy atom. The summed E-state index contributed by atoms with van der Waals surface area (Å²) < 4.78 is 68.7. The third kappa shape index (κ3) is 5.26. The molecule has 4 atom stereocenters. The number of benzene rings is 3. The lowest BCUT2D eigenvalue weighted by Gasteiger charge is -2.38. The molecule has 4 bridgehead atoms. The number of alkyl halides is 1. The molecule has 2 N–H and O–H groups in total. The number of fused-ring (bicyclic) bond motifs is 6. The van der Waals surface area contributed by atoms with Crippen LogP contribution in [0.3, 0.4) is 0 Å². The van der Waals surface area contributed by atoms with Crippen LogP contribution in [0, 0.1) is 35.2 Å². The maximum atomic E-state index is 16.9. The Morgan fingerprint density at radius 1 is 0.980 bits per heavy atom. The van der Waals surface area contributed by atoms with E-state index in [1.54, 1.807) is 0 Å². The van der Waals surface area contributed by atoms with Crippen LogP contribution in [0.4, 0.5) is 23.4 Å². The summed E-state index contributed by atoms with van der Waals surface area (Å²) in [6, 6.07) is 7.35. The van der Waals surface area contributed by atoms with E-state index in [1.165, 1.54) is 24.3 Å². The normalized spacial score (nSPS) is 27.2. The van der Waals surface area contributed by atoms with E-state index in [4.69, 9.17) is 16.1 Å². The zero-order valence-electron chi connectivity index (χ0n) is 27.0. The molecule has 4 saturated heterocycles. The minimum absolute atomic E-state index is 0.00215. The standard InChI is InChI=1S/C38H37F4N5O2/c1-2-27-30(40)8-3-20-11-26(48)14-28(32(20)27)33-31(41)15-29-35(34(33)42)44-37(45-36(29)46-16-22-4-5-23(17-46)43-22)49-19-38(9-10-38)18-47-24-6-7-25(47)13-21(39)12-24/h1,3,8,11,14-15,21-25,43,48H,4-7,9-10,12-13,16-19H2. The van der Waals surface area contributed by atoms with Gasteiger partial charge in [0.2, 0.25) is 0 Å². The van der Waals surface area contributed by atoms with Gasteiger partial charge in [0.15, 0.2) is 5.82 Å². The van der Waals surface area contributed by atoms with E-state index >= 15 is 8.78 Å². The van der Waals surface area contributed by atoms with Gasteiger partial charge in [0.1, 0.15) is 34.9 Å². The molecule has 5 heterocycles. The molecule has 9 rings (SSSR count). The molecule has 1 aromatic heterocycles. The summed E-state index contributed by atoms with van der Waals surface area (Å²) in [4.78, 5) is 13.9. The van der Waals surface area contributed by atoms with Crippen LogP contribution < -0.4 is 15.0 Å². The molecular weight excluding hydrogens is 634 g/mol. The second kappa shape index (κ2) is 11.5. The first-order valence-electron chi connectivity index (χ1n) is 17.3. The number of halogens is 4. The van der Waals surface area contributed by atoms with Gasteiger partial charge in [0.25, 0.3) is 0 Å². The number of terminal acetylenes is 1. The van der Waals surface area contributed by atoms with Gasteiger partial charge in [-0.1, -0.05) is 12.0 Å². The van der Waals surface area contributed by atoms with Gasteiger partial charge in [-0.05, 0) is 81.0 Å². The largest absolute Gasteiger partial charge is 0.508 e. The van der Waals surface area contributed by atoms with Crippen molar-refractivity contribution in [3.8, 4) is 35.2 Å². The molecule has 11 heteroatoms. The van der Waals surface area contributed by atoms with E-state index in [0.717, 1.165) is 51.1 Å². The van der Waals surface area contributed by atoms with Crippen molar-refractivity contribution in [1.29, 1.82) is 0 Å². The van der Waals surface area contributed by atoms with Crippen LogP contribution in [0.2, 0.25) is 0 Å². The van der Waals surface area contributed by atoms with Crippen LogP contribution in [0.25, 0.3) is 32.8 Å². The number of phenolic OH excluding ortho intramolecular Hbond substituents is 1. The maximum Gasteiger partial charge on any atom is 0.319 e. The number of aromatic hydroxyl groups is 1. The number of rotatable bonds is 7. The Bertz CT molecular complexity index is 2020. The molecule has 4 aromatic rings. The first-order valence-corrected chi connectivity index (χ1v) is 17.3. The molecule has 5 aliphatic rings. The Hall–Kier alpha value is -4.14. The van der Waals surface area contributed by atoms with Crippen molar-refractivity contribution in [3.05, 3.63) is 53.3 Å². The monoisotopic (exact) mass is 671 g/mol. The molecule has 4 aliphatic heterocycles.